The van der Waals surface area contributed by atoms with E-state index in [9.17, 15) is 28.0 Å². The summed E-state index contributed by atoms with van der Waals surface area (Å²) in [6, 6.07) is 32.1. The summed E-state index contributed by atoms with van der Waals surface area (Å²) in [5.41, 5.74) is 10.6. The van der Waals surface area contributed by atoms with Crippen molar-refractivity contribution in [3.8, 4) is 0 Å². The van der Waals surface area contributed by atoms with Gasteiger partial charge in [-0.3, -0.25) is 34.5 Å². The quantitative estimate of drug-likeness (QED) is 0.0421. The number of benzene rings is 5. The number of nitrogens with zero attached hydrogens (tertiary/aromatic N) is 2. The first kappa shape index (κ1) is 51.2. The Morgan fingerprint density at radius 1 is 0.814 bits per heavy atom. The van der Waals surface area contributed by atoms with Gasteiger partial charge in [-0.15, -0.1) is 0 Å². The van der Waals surface area contributed by atoms with E-state index in [2.05, 4.69) is 63.9 Å². The first-order valence-electron chi connectivity index (χ1n) is 24.5. The molecule has 8 rings (SSSR count). The molecular weight excluding hydrogens is 885 g/mol. The van der Waals surface area contributed by atoms with Crippen LogP contribution in [-0.4, -0.2) is 76.4 Å². The number of halogens is 2. The minimum atomic E-state index is -0.964. The molecule has 3 heterocycles. The van der Waals surface area contributed by atoms with Crippen molar-refractivity contribution in [2.75, 3.05) is 13.1 Å². The SMILES string of the molecule is Cc1nccc2cc(CCC(=O)[C@H](Cc3ccc(F)c(F)c3)NC(=O)[C@H]3CCCCN3C(C)C)ccc12.N=C(N)c1ccc(CNC(=O)[C@@H](CC(=O)[C@H]2CCCN2)Cc2cccc3ccccc23)cc1. The number of nitrogens with two attached hydrogens (primary N) is 1. The molecule has 6 N–H and O–H groups in total. The van der Waals surface area contributed by atoms with Gasteiger partial charge in [-0.25, -0.2) is 8.78 Å². The van der Waals surface area contributed by atoms with Gasteiger partial charge in [-0.1, -0.05) is 97.4 Å². The van der Waals surface area contributed by atoms with Crippen LogP contribution >= 0.6 is 0 Å². The van der Waals surface area contributed by atoms with Gasteiger partial charge in [0, 0.05) is 54.2 Å². The predicted molar refractivity (Wildman–Crippen MR) is 272 cm³/mol. The zero-order valence-electron chi connectivity index (χ0n) is 40.4. The Balaban J connectivity index is 0.000000208. The summed E-state index contributed by atoms with van der Waals surface area (Å²) in [5.74, 6) is -2.65. The number of hydrogen-bond acceptors (Lipinski definition) is 8. The highest BCUT2D eigenvalue weighted by Crippen LogP contribution is 2.25. The van der Waals surface area contributed by atoms with Crippen molar-refractivity contribution < 1.29 is 28.0 Å². The Kier molecular flexibility index (Phi) is 17.7. The summed E-state index contributed by atoms with van der Waals surface area (Å²) in [4.78, 5) is 59.4. The molecule has 0 radical (unpaired) electrons. The summed E-state index contributed by atoms with van der Waals surface area (Å²) in [5, 5.41) is 21.1. The van der Waals surface area contributed by atoms with Crippen molar-refractivity contribution in [2.24, 2.45) is 11.7 Å². The summed E-state index contributed by atoms with van der Waals surface area (Å²) < 4.78 is 27.4. The number of aromatic nitrogens is 1. The number of piperidine rings is 1. The number of aryl methyl sites for hydroxylation is 2. The molecule has 13 heteroatoms. The first-order chi connectivity index (χ1) is 33.7. The van der Waals surface area contributed by atoms with Crippen molar-refractivity contribution in [2.45, 2.75) is 116 Å². The van der Waals surface area contributed by atoms with Gasteiger partial charge in [0.1, 0.15) is 5.84 Å². The molecule has 2 aliphatic heterocycles. The van der Waals surface area contributed by atoms with Crippen molar-refractivity contribution >= 4 is 50.8 Å². The van der Waals surface area contributed by atoms with Gasteiger partial charge in [0.2, 0.25) is 11.8 Å². The molecule has 11 nitrogen and oxygen atoms in total. The lowest BCUT2D eigenvalue weighted by Crippen LogP contribution is -2.55. The number of rotatable bonds is 18. The molecule has 0 saturated carbocycles. The molecule has 5 aromatic carbocycles. The van der Waals surface area contributed by atoms with Crippen molar-refractivity contribution in [3.05, 3.63) is 161 Å². The number of carbonyl (C=O) groups excluding carboxylic acids is 4. The molecular formula is C57H65F2N7O4. The summed E-state index contributed by atoms with van der Waals surface area (Å²) in [6.07, 6.45) is 7.92. The van der Waals surface area contributed by atoms with Crippen LogP contribution in [0.15, 0.2) is 115 Å². The molecule has 2 saturated heterocycles. The van der Waals surface area contributed by atoms with Gasteiger partial charge in [0.25, 0.3) is 0 Å². The third kappa shape index (κ3) is 13.5. The van der Waals surface area contributed by atoms with Gasteiger partial charge in [-0.05, 0) is 135 Å². The lowest BCUT2D eigenvalue weighted by atomic mass is 9.89. The molecule has 0 spiro atoms. The van der Waals surface area contributed by atoms with Crippen LogP contribution in [0.1, 0.15) is 92.3 Å². The minimum absolute atomic E-state index is 0.0137. The van der Waals surface area contributed by atoms with Crippen LogP contribution in [0.3, 0.4) is 0 Å². The normalized spacial score (nSPS) is 16.8. The van der Waals surface area contributed by atoms with Crippen LogP contribution in [0, 0.1) is 29.9 Å². The van der Waals surface area contributed by atoms with Crippen LogP contribution in [0.5, 0.6) is 0 Å². The maximum Gasteiger partial charge on any atom is 0.237 e. The van der Waals surface area contributed by atoms with E-state index in [1.54, 1.807) is 18.3 Å². The van der Waals surface area contributed by atoms with Gasteiger partial charge < -0.3 is 21.7 Å². The molecule has 2 aliphatic rings. The zero-order valence-corrected chi connectivity index (χ0v) is 40.4. The Morgan fingerprint density at radius 2 is 1.57 bits per heavy atom. The third-order valence-electron chi connectivity index (χ3n) is 13.7. The fraction of sp³-hybridized carbons (Fsp3) is 0.368. The van der Waals surface area contributed by atoms with Crippen LogP contribution in [0.25, 0.3) is 21.5 Å². The Bertz CT molecular complexity index is 2810. The summed E-state index contributed by atoms with van der Waals surface area (Å²) in [7, 11) is 0. The fourth-order valence-corrected chi connectivity index (χ4v) is 9.72. The number of ketones is 2. The lowest BCUT2D eigenvalue weighted by molar-refractivity contribution is -0.132. The number of fused-ring (bicyclic) bond motifs is 2. The van der Waals surface area contributed by atoms with Crippen LogP contribution in [0.4, 0.5) is 8.78 Å². The number of amides is 2. The zero-order chi connectivity index (χ0) is 49.7. The molecule has 0 aliphatic carbocycles. The van der Waals surface area contributed by atoms with Gasteiger partial charge >= 0.3 is 0 Å². The van der Waals surface area contributed by atoms with Crippen LogP contribution in [-0.2, 0) is 45.0 Å². The largest absolute Gasteiger partial charge is 0.384 e. The Hall–Kier alpha value is -6.70. The summed E-state index contributed by atoms with van der Waals surface area (Å²) in [6.45, 7) is 8.15. The van der Waals surface area contributed by atoms with Crippen LogP contribution < -0.4 is 21.7 Å². The second-order valence-electron chi connectivity index (χ2n) is 19.0. The number of hydrogen-bond donors (Lipinski definition) is 5. The monoisotopic (exact) mass is 950 g/mol. The Labute approximate surface area is 409 Å². The van der Waals surface area contributed by atoms with E-state index in [1.807, 2.05) is 61.5 Å². The average Bonchev–Trinajstić information content (AvgIpc) is 3.92. The number of Topliss-reactive ketones (excluding diaryl/α,β-unsaturated/α-hetero) is 2. The smallest absolute Gasteiger partial charge is 0.237 e. The van der Waals surface area contributed by atoms with Gasteiger partial charge in [0.15, 0.2) is 23.2 Å². The van der Waals surface area contributed by atoms with Gasteiger partial charge in [-0.2, -0.15) is 0 Å². The van der Waals surface area contributed by atoms with E-state index >= 15 is 0 Å². The standard InChI is InChI=1S/C30H35F2N3O2.C27H30N4O2/c1-19(2)35-15-5-4-6-28(35)30(37)34-27(18-22-8-11-25(31)26(32)17-22)29(36)12-9-21-7-10-24-20(3)33-14-13-23(24)16-21;28-26(29)20-12-10-18(11-13-20)17-31-27(33)22(16-25(32)24-9-4-14-30-24)15-21-7-3-6-19-5-1-2-8-23(19)21/h7-8,10-11,13-14,16-17,19,27-28H,4-6,9,12,15,18H2,1-3H3,(H,34,37);1-3,5-8,10-13,22,24,30H,4,9,14-17H2,(H3,28,29)(H,31,33)/t27-,28+;22-,24-/m01/s1. The van der Waals surface area contributed by atoms with E-state index in [0.29, 0.717) is 30.5 Å². The molecule has 0 bridgehead atoms. The highest BCUT2D eigenvalue weighted by Gasteiger charge is 2.33. The summed E-state index contributed by atoms with van der Waals surface area (Å²) >= 11 is 0. The van der Waals surface area contributed by atoms with E-state index in [1.165, 1.54) is 6.07 Å². The van der Waals surface area contributed by atoms with Crippen molar-refractivity contribution in [1.29, 1.82) is 5.41 Å². The first-order valence-corrected chi connectivity index (χ1v) is 24.5. The average molecular weight is 950 g/mol. The third-order valence-corrected chi connectivity index (χ3v) is 13.7. The molecule has 6 aromatic rings. The second kappa shape index (κ2) is 24.2. The van der Waals surface area contributed by atoms with E-state index in [0.717, 1.165) is 101 Å². The van der Waals surface area contributed by atoms with Crippen molar-refractivity contribution in [1.82, 2.24) is 25.8 Å². The van der Waals surface area contributed by atoms with Crippen molar-refractivity contribution in [3.63, 3.8) is 0 Å². The maximum absolute atomic E-state index is 13.9. The Morgan fingerprint density at radius 3 is 2.31 bits per heavy atom. The number of likely N-dealkylation sites (tertiary alicyclic amines) is 1. The second-order valence-corrected chi connectivity index (χ2v) is 19.0. The fourth-order valence-electron chi connectivity index (χ4n) is 9.72. The molecule has 4 atom stereocenters. The topological polar surface area (TPSA) is 170 Å². The number of pyridine rings is 1. The number of nitrogens with one attached hydrogen (secondary N) is 4. The molecule has 2 amide bonds. The number of carbonyl (C=O) groups is 4. The highest BCUT2D eigenvalue weighted by atomic mass is 19.2. The molecule has 0 unspecified atom stereocenters. The maximum atomic E-state index is 13.9. The highest BCUT2D eigenvalue weighted by molar-refractivity contribution is 5.95. The molecule has 70 heavy (non-hydrogen) atoms. The van der Waals surface area contributed by atoms with Crippen LogP contribution in [0.2, 0.25) is 0 Å². The molecule has 2 fully saturated rings. The van der Waals surface area contributed by atoms with E-state index < -0.39 is 23.6 Å². The number of nitrogen functional groups attached to an aromatic ring is 1. The molecule has 1 aromatic heterocycles. The van der Waals surface area contributed by atoms with E-state index in [-0.39, 0.29) is 66.6 Å². The van der Waals surface area contributed by atoms with Gasteiger partial charge in [0.05, 0.1) is 18.1 Å². The minimum Gasteiger partial charge on any atom is -0.384 e. The number of amidine groups is 1. The predicted octanol–water partition coefficient (Wildman–Crippen LogP) is 8.62. The lowest BCUT2D eigenvalue weighted by Gasteiger charge is -2.38. The van der Waals surface area contributed by atoms with E-state index in [4.69, 9.17) is 11.1 Å². The molecule has 366 valence electrons.